The zero-order valence-electron chi connectivity index (χ0n) is 13.1. The van der Waals surface area contributed by atoms with E-state index >= 15 is 0 Å². The second-order valence-electron chi connectivity index (χ2n) is 6.24. The van der Waals surface area contributed by atoms with E-state index in [-0.39, 0.29) is 12.0 Å². The molecule has 3 nitrogen and oxygen atoms in total. The van der Waals surface area contributed by atoms with Crippen LogP contribution >= 0.6 is 0 Å². The molecule has 1 aliphatic rings. The van der Waals surface area contributed by atoms with Crippen molar-refractivity contribution in [3.63, 3.8) is 0 Å². The Hall–Kier alpha value is -1.06. The van der Waals surface area contributed by atoms with E-state index in [2.05, 4.69) is 0 Å². The average molecular weight is 291 g/mol. The van der Waals surface area contributed by atoms with E-state index in [9.17, 15) is 5.11 Å². The fourth-order valence-corrected chi connectivity index (χ4v) is 3.57. The summed E-state index contributed by atoms with van der Waals surface area (Å²) in [6.07, 6.45) is 8.28. The molecule has 0 spiro atoms. The number of ether oxygens (including phenoxy) is 1. The summed E-state index contributed by atoms with van der Waals surface area (Å²) < 4.78 is 5.42. The van der Waals surface area contributed by atoms with Gasteiger partial charge in [-0.1, -0.05) is 56.7 Å². The van der Waals surface area contributed by atoms with Crippen LogP contribution < -0.4 is 10.5 Å². The van der Waals surface area contributed by atoms with Crippen LogP contribution in [0.4, 0.5) is 0 Å². The minimum atomic E-state index is -0.380. The molecule has 118 valence electrons. The summed E-state index contributed by atoms with van der Waals surface area (Å²) in [4.78, 5) is 0. The third-order valence-electron chi connectivity index (χ3n) is 4.81. The quantitative estimate of drug-likeness (QED) is 0.789. The van der Waals surface area contributed by atoms with Gasteiger partial charge in [0.05, 0.1) is 13.2 Å². The van der Waals surface area contributed by atoms with Crippen molar-refractivity contribution in [3.05, 3.63) is 29.8 Å². The molecule has 2 atom stereocenters. The molecule has 0 bridgehead atoms. The summed E-state index contributed by atoms with van der Waals surface area (Å²) in [6.45, 7) is 0.453. The summed E-state index contributed by atoms with van der Waals surface area (Å²) in [5.41, 5.74) is 6.98. The van der Waals surface area contributed by atoms with Crippen LogP contribution in [0.5, 0.6) is 5.75 Å². The first-order chi connectivity index (χ1) is 10.3. The highest BCUT2D eigenvalue weighted by Gasteiger charge is 2.26. The highest BCUT2D eigenvalue weighted by atomic mass is 16.5. The second-order valence-corrected chi connectivity index (χ2v) is 6.24. The summed E-state index contributed by atoms with van der Waals surface area (Å²) >= 11 is 0. The standard InChI is InChI=1S/C18H29NO2/c1-21-18-11-7-6-10-15(18)16(13-19)17(20)12-14-8-4-2-3-5-9-14/h6-7,10-11,14,16-17,20H,2-5,8-9,12-13,19H2,1H3. The monoisotopic (exact) mass is 291 g/mol. The van der Waals surface area contributed by atoms with Gasteiger partial charge in [0.15, 0.2) is 0 Å². The second kappa shape index (κ2) is 8.40. The molecule has 3 heteroatoms. The van der Waals surface area contributed by atoms with Crippen LogP contribution in [0.1, 0.15) is 56.4 Å². The third-order valence-corrected chi connectivity index (χ3v) is 4.81. The van der Waals surface area contributed by atoms with E-state index in [0.717, 1.165) is 17.7 Å². The lowest BCUT2D eigenvalue weighted by molar-refractivity contribution is 0.111. The van der Waals surface area contributed by atoms with E-state index < -0.39 is 0 Å². The lowest BCUT2D eigenvalue weighted by Gasteiger charge is -2.26. The van der Waals surface area contributed by atoms with Crippen LogP contribution in [0.2, 0.25) is 0 Å². The molecule has 1 fully saturated rings. The van der Waals surface area contributed by atoms with Crippen LogP contribution in [0, 0.1) is 5.92 Å². The maximum absolute atomic E-state index is 10.7. The van der Waals surface area contributed by atoms with Crippen molar-refractivity contribution in [2.45, 2.75) is 57.0 Å². The number of rotatable bonds is 6. The minimum absolute atomic E-state index is 0.0376. The van der Waals surface area contributed by atoms with Crippen molar-refractivity contribution in [1.29, 1.82) is 0 Å². The Balaban J connectivity index is 2.05. The van der Waals surface area contributed by atoms with Gasteiger partial charge in [0.25, 0.3) is 0 Å². The fraction of sp³-hybridized carbons (Fsp3) is 0.667. The maximum atomic E-state index is 10.7. The molecule has 0 aliphatic heterocycles. The van der Waals surface area contributed by atoms with Gasteiger partial charge in [0.1, 0.15) is 5.75 Å². The number of aliphatic hydroxyl groups is 1. The van der Waals surface area contributed by atoms with E-state index in [4.69, 9.17) is 10.5 Å². The molecule has 1 aromatic carbocycles. The van der Waals surface area contributed by atoms with Crippen molar-refractivity contribution in [2.24, 2.45) is 11.7 Å². The highest BCUT2D eigenvalue weighted by Crippen LogP contribution is 2.33. The van der Waals surface area contributed by atoms with Crippen LogP contribution in [0.15, 0.2) is 24.3 Å². The Labute approximate surface area is 128 Å². The number of benzene rings is 1. The van der Waals surface area contributed by atoms with Gasteiger partial charge in [-0.2, -0.15) is 0 Å². The smallest absolute Gasteiger partial charge is 0.122 e. The van der Waals surface area contributed by atoms with Gasteiger partial charge >= 0.3 is 0 Å². The molecular formula is C18H29NO2. The zero-order chi connectivity index (χ0) is 15.1. The number of para-hydroxylation sites is 1. The van der Waals surface area contributed by atoms with Crippen molar-refractivity contribution in [1.82, 2.24) is 0 Å². The SMILES string of the molecule is COc1ccccc1C(CN)C(O)CC1CCCCCC1. The van der Waals surface area contributed by atoms with Crippen LogP contribution in [0.25, 0.3) is 0 Å². The summed E-state index contributed by atoms with van der Waals surface area (Å²) in [5.74, 6) is 1.43. The molecule has 2 unspecified atom stereocenters. The van der Waals surface area contributed by atoms with E-state index in [1.54, 1.807) is 7.11 Å². The molecule has 2 rings (SSSR count). The zero-order valence-corrected chi connectivity index (χ0v) is 13.1. The first-order valence-corrected chi connectivity index (χ1v) is 8.27. The molecule has 21 heavy (non-hydrogen) atoms. The van der Waals surface area contributed by atoms with Crippen LogP contribution in [-0.4, -0.2) is 24.9 Å². The topological polar surface area (TPSA) is 55.5 Å². The molecular weight excluding hydrogens is 262 g/mol. The number of hydrogen-bond donors (Lipinski definition) is 2. The summed E-state index contributed by atoms with van der Waals surface area (Å²) in [7, 11) is 1.67. The van der Waals surface area contributed by atoms with Gasteiger partial charge < -0.3 is 15.6 Å². The van der Waals surface area contributed by atoms with Crippen molar-refractivity contribution < 1.29 is 9.84 Å². The molecule has 0 radical (unpaired) electrons. The Bertz CT molecular complexity index is 413. The van der Waals surface area contributed by atoms with Crippen molar-refractivity contribution in [3.8, 4) is 5.75 Å². The minimum Gasteiger partial charge on any atom is -0.496 e. The number of aliphatic hydroxyl groups excluding tert-OH is 1. The molecule has 0 heterocycles. The molecule has 3 N–H and O–H groups in total. The van der Waals surface area contributed by atoms with Gasteiger partial charge in [-0.05, 0) is 18.4 Å². The van der Waals surface area contributed by atoms with Gasteiger partial charge in [0, 0.05) is 18.0 Å². The van der Waals surface area contributed by atoms with Crippen LogP contribution in [-0.2, 0) is 0 Å². The largest absolute Gasteiger partial charge is 0.496 e. The van der Waals surface area contributed by atoms with Crippen LogP contribution in [0.3, 0.4) is 0 Å². The maximum Gasteiger partial charge on any atom is 0.122 e. The Kier molecular flexibility index (Phi) is 6.52. The lowest BCUT2D eigenvalue weighted by Crippen LogP contribution is -2.28. The average Bonchev–Trinajstić information content (AvgIpc) is 2.77. The predicted molar refractivity (Wildman–Crippen MR) is 86.6 cm³/mol. The van der Waals surface area contributed by atoms with E-state index in [1.807, 2.05) is 24.3 Å². The molecule has 1 saturated carbocycles. The molecule has 1 aliphatic carbocycles. The predicted octanol–water partition coefficient (Wildman–Crippen LogP) is 3.46. The van der Waals surface area contributed by atoms with E-state index in [0.29, 0.717) is 12.5 Å². The third kappa shape index (κ3) is 4.45. The first kappa shape index (κ1) is 16.3. The van der Waals surface area contributed by atoms with Gasteiger partial charge in [-0.15, -0.1) is 0 Å². The Morgan fingerprint density at radius 2 is 1.86 bits per heavy atom. The van der Waals surface area contributed by atoms with Gasteiger partial charge in [-0.25, -0.2) is 0 Å². The van der Waals surface area contributed by atoms with Gasteiger partial charge in [0.2, 0.25) is 0 Å². The van der Waals surface area contributed by atoms with Gasteiger partial charge in [-0.3, -0.25) is 0 Å². The molecule has 0 saturated heterocycles. The normalized spacial score (nSPS) is 19.8. The first-order valence-electron chi connectivity index (χ1n) is 8.27. The fourth-order valence-electron chi connectivity index (χ4n) is 3.57. The number of methoxy groups -OCH3 is 1. The summed E-state index contributed by atoms with van der Waals surface area (Å²) in [6, 6.07) is 7.90. The van der Waals surface area contributed by atoms with Crippen molar-refractivity contribution in [2.75, 3.05) is 13.7 Å². The van der Waals surface area contributed by atoms with E-state index in [1.165, 1.54) is 38.5 Å². The Morgan fingerprint density at radius 3 is 2.48 bits per heavy atom. The molecule has 0 aromatic heterocycles. The number of nitrogens with two attached hydrogens (primary N) is 1. The lowest BCUT2D eigenvalue weighted by atomic mass is 9.84. The van der Waals surface area contributed by atoms with Crippen molar-refractivity contribution >= 4 is 0 Å². The summed E-state index contributed by atoms with van der Waals surface area (Å²) in [5, 5.41) is 10.7. The Morgan fingerprint density at radius 1 is 1.19 bits per heavy atom. The number of hydrogen-bond acceptors (Lipinski definition) is 3. The molecule has 1 aromatic rings. The highest BCUT2D eigenvalue weighted by molar-refractivity contribution is 5.37. The molecule has 0 amide bonds.